The number of carbonyl (C=O) groups is 1. The van der Waals surface area contributed by atoms with Gasteiger partial charge in [-0.25, -0.2) is 9.97 Å². The van der Waals surface area contributed by atoms with E-state index in [0.29, 0.717) is 0 Å². The fraction of sp³-hybridized carbons (Fsp3) is 0.105. The standard InChI is InChI=1S/C19H18N4O/c1-13(23-19(24)17-18(20)22-12-11-21-17)14-7-9-16(10-8-14)15-5-3-2-4-6-15/h2-13H,1H3,(H2,20,22)(H,23,24). The molecule has 1 atom stereocenters. The molecule has 1 aromatic heterocycles. The van der Waals surface area contributed by atoms with Gasteiger partial charge in [-0.3, -0.25) is 4.79 Å². The molecule has 1 amide bonds. The van der Waals surface area contributed by atoms with Crippen LogP contribution in [0.2, 0.25) is 0 Å². The third-order valence-electron chi connectivity index (χ3n) is 3.81. The van der Waals surface area contributed by atoms with E-state index < -0.39 is 0 Å². The number of benzene rings is 2. The van der Waals surface area contributed by atoms with Crippen LogP contribution in [0.1, 0.15) is 29.0 Å². The Balaban J connectivity index is 1.73. The molecule has 120 valence electrons. The van der Waals surface area contributed by atoms with E-state index in [1.165, 1.54) is 12.4 Å². The predicted octanol–water partition coefficient (Wildman–Crippen LogP) is 3.22. The summed E-state index contributed by atoms with van der Waals surface area (Å²) in [6.45, 7) is 1.92. The number of amides is 1. The minimum absolute atomic E-state index is 0.127. The van der Waals surface area contributed by atoms with E-state index in [4.69, 9.17) is 5.73 Å². The van der Waals surface area contributed by atoms with Crippen LogP contribution >= 0.6 is 0 Å². The smallest absolute Gasteiger partial charge is 0.274 e. The van der Waals surface area contributed by atoms with E-state index >= 15 is 0 Å². The number of nitrogen functional groups attached to an aromatic ring is 1. The lowest BCUT2D eigenvalue weighted by Crippen LogP contribution is -2.28. The second-order valence-corrected chi connectivity index (χ2v) is 5.47. The molecular weight excluding hydrogens is 300 g/mol. The lowest BCUT2D eigenvalue weighted by Gasteiger charge is -2.15. The zero-order valence-electron chi connectivity index (χ0n) is 13.3. The van der Waals surface area contributed by atoms with Crippen LogP contribution in [-0.2, 0) is 0 Å². The molecule has 0 bridgehead atoms. The van der Waals surface area contributed by atoms with Crippen molar-refractivity contribution in [2.45, 2.75) is 13.0 Å². The fourth-order valence-electron chi connectivity index (χ4n) is 2.47. The molecule has 3 N–H and O–H groups in total. The summed E-state index contributed by atoms with van der Waals surface area (Å²) in [5, 5.41) is 2.89. The van der Waals surface area contributed by atoms with E-state index in [-0.39, 0.29) is 23.5 Å². The first-order chi connectivity index (χ1) is 11.6. The van der Waals surface area contributed by atoms with Gasteiger partial charge in [0.25, 0.3) is 5.91 Å². The molecular formula is C19H18N4O. The Labute approximate surface area is 140 Å². The molecule has 2 aromatic carbocycles. The van der Waals surface area contributed by atoms with Gasteiger partial charge in [0.05, 0.1) is 6.04 Å². The largest absolute Gasteiger partial charge is 0.382 e. The van der Waals surface area contributed by atoms with Crippen molar-refractivity contribution in [1.29, 1.82) is 0 Å². The van der Waals surface area contributed by atoms with Crippen LogP contribution in [-0.4, -0.2) is 15.9 Å². The quantitative estimate of drug-likeness (QED) is 0.774. The van der Waals surface area contributed by atoms with Crippen LogP contribution in [0, 0.1) is 0 Å². The highest BCUT2D eigenvalue weighted by Crippen LogP contribution is 2.22. The minimum Gasteiger partial charge on any atom is -0.382 e. The number of rotatable bonds is 4. The molecule has 0 aliphatic rings. The minimum atomic E-state index is -0.333. The third-order valence-corrected chi connectivity index (χ3v) is 3.81. The molecule has 1 unspecified atom stereocenters. The Morgan fingerprint density at radius 2 is 1.58 bits per heavy atom. The molecule has 3 rings (SSSR count). The number of aromatic nitrogens is 2. The van der Waals surface area contributed by atoms with E-state index in [2.05, 4.69) is 27.4 Å². The second-order valence-electron chi connectivity index (χ2n) is 5.47. The van der Waals surface area contributed by atoms with Gasteiger partial charge in [0.2, 0.25) is 0 Å². The molecule has 0 aliphatic carbocycles. The van der Waals surface area contributed by atoms with Gasteiger partial charge in [0, 0.05) is 12.4 Å². The molecule has 0 fully saturated rings. The second kappa shape index (κ2) is 6.91. The van der Waals surface area contributed by atoms with Gasteiger partial charge in [-0.15, -0.1) is 0 Å². The Morgan fingerprint density at radius 3 is 2.25 bits per heavy atom. The number of hydrogen-bond acceptors (Lipinski definition) is 4. The number of hydrogen-bond donors (Lipinski definition) is 2. The van der Waals surface area contributed by atoms with E-state index in [9.17, 15) is 4.79 Å². The molecule has 0 saturated carbocycles. The van der Waals surface area contributed by atoms with Crippen molar-refractivity contribution in [3.8, 4) is 11.1 Å². The molecule has 5 heteroatoms. The van der Waals surface area contributed by atoms with Crippen LogP contribution in [0.3, 0.4) is 0 Å². The first-order valence-corrected chi connectivity index (χ1v) is 7.68. The maximum Gasteiger partial charge on any atom is 0.274 e. The zero-order chi connectivity index (χ0) is 16.9. The highest BCUT2D eigenvalue weighted by molar-refractivity contribution is 5.96. The van der Waals surface area contributed by atoms with Gasteiger partial charge in [-0.2, -0.15) is 0 Å². The van der Waals surface area contributed by atoms with Gasteiger partial charge in [-0.05, 0) is 23.6 Å². The van der Waals surface area contributed by atoms with Gasteiger partial charge < -0.3 is 11.1 Å². The summed E-state index contributed by atoms with van der Waals surface area (Å²) in [4.78, 5) is 20.1. The molecule has 0 aliphatic heterocycles. The Kier molecular flexibility index (Phi) is 4.52. The molecule has 1 heterocycles. The van der Waals surface area contributed by atoms with Crippen molar-refractivity contribution in [1.82, 2.24) is 15.3 Å². The summed E-state index contributed by atoms with van der Waals surface area (Å²) in [6, 6.07) is 18.1. The Hall–Kier alpha value is -3.21. The fourth-order valence-corrected chi connectivity index (χ4v) is 2.47. The van der Waals surface area contributed by atoms with Crippen molar-refractivity contribution < 1.29 is 4.79 Å². The van der Waals surface area contributed by atoms with Crippen LogP contribution in [0.25, 0.3) is 11.1 Å². The van der Waals surface area contributed by atoms with Crippen LogP contribution in [0.15, 0.2) is 67.0 Å². The molecule has 3 aromatic rings. The summed E-state index contributed by atoms with van der Waals surface area (Å²) in [5.41, 5.74) is 9.13. The Bertz CT molecular complexity index is 832. The summed E-state index contributed by atoms with van der Waals surface area (Å²) in [5.74, 6) is -0.207. The third kappa shape index (κ3) is 3.41. The average molecular weight is 318 g/mol. The molecule has 0 saturated heterocycles. The maximum absolute atomic E-state index is 12.2. The van der Waals surface area contributed by atoms with Gasteiger partial charge in [0.15, 0.2) is 11.5 Å². The van der Waals surface area contributed by atoms with E-state index in [0.717, 1.165) is 16.7 Å². The monoisotopic (exact) mass is 318 g/mol. The Morgan fingerprint density at radius 1 is 0.958 bits per heavy atom. The highest BCUT2D eigenvalue weighted by atomic mass is 16.2. The van der Waals surface area contributed by atoms with Gasteiger partial charge in [-0.1, -0.05) is 54.6 Å². The lowest BCUT2D eigenvalue weighted by molar-refractivity contribution is 0.0935. The molecule has 0 radical (unpaired) electrons. The van der Waals surface area contributed by atoms with Crippen LogP contribution < -0.4 is 11.1 Å². The topological polar surface area (TPSA) is 80.9 Å². The maximum atomic E-state index is 12.2. The van der Waals surface area contributed by atoms with Crippen molar-refractivity contribution >= 4 is 11.7 Å². The lowest BCUT2D eigenvalue weighted by atomic mass is 10.0. The number of carbonyl (C=O) groups excluding carboxylic acids is 1. The van der Waals surface area contributed by atoms with Crippen LogP contribution in [0.5, 0.6) is 0 Å². The summed E-state index contributed by atoms with van der Waals surface area (Å²) in [7, 11) is 0. The normalized spacial score (nSPS) is 11.7. The number of nitrogens with zero attached hydrogens (tertiary/aromatic N) is 2. The van der Waals surface area contributed by atoms with Gasteiger partial charge >= 0.3 is 0 Å². The molecule has 24 heavy (non-hydrogen) atoms. The average Bonchev–Trinajstić information content (AvgIpc) is 2.63. The summed E-state index contributed by atoms with van der Waals surface area (Å²) in [6.07, 6.45) is 2.91. The number of nitrogens with two attached hydrogens (primary N) is 1. The van der Waals surface area contributed by atoms with Crippen molar-refractivity contribution in [2.24, 2.45) is 0 Å². The van der Waals surface area contributed by atoms with Crippen LogP contribution in [0.4, 0.5) is 5.82 Å². The number of anilines is 1. The zero-order valence-corrected chi connectivity index (χ0v) is 13.3. The predicted molar refractivity (Wildman–Crippen MR) is 94.2 cm³/mol. The van der Waals surface area contributed by atoms with E-state index in [1.807, 2.05) is 49.4 Å². The van der Waals surface area contributed by atoms with Crippen molar-refractivity contribution in [3.05, 3.63) is 78.2 Å². The van der Waals surface area contributed by atoms with E-state index in [1.54, 1.807) is 0 Å². The molecule has 5 nitrogen and oxygen atoms in total. The highest BCUT2D eigenvalue weighted by Gasteiger charge is 2.15. The van der Waals surface area contributed by atoms with Crippen molar-refractivity contribution in [2.75, 3.05) is 5.73 Å². The van der Waals surface area contributed by atoms with Crippen molar-refractivity contribution in [3.63, 3.8) is 0 Å². The summed E-state index contributed by atoms with van der Waals surface area (Å²) < 4.78 is 0. The SMILES string of the molecule is CC(NC(=O)c1nccnc1N)c1ccc(-c2ccccc2)cc1. The first kappa shape index (κ1) is 15.7. The number of nitrogens with one attached hydrogen (secondary N) is 1. The first-order valence-electron chi connectivity index (χ1n) is 7.68. The van der Waals surface area contributed by atoms with Gasteiger partial charge in [0.1, 0.15) is 0 Å². The summed E-state index contributed by atoms with van der Waals surface area (Å²) >= 11 is 0. The molecule has 0 spiro atoms.